The second-order valence-corrected chi connectivity index (χ2v) is 10.5. The molecule has 0 unspecified atom stereocenters. The number of anilines is 1. The van der Waals surface area contributed by atoms with Gasteiger partial charge in [-0.05, 0) is 49.9 Å². The standard InChI is InChI=1S/C26H37N3O4S/c1-6-8-16-27-26(31)21(4)28(18-23-11-9-10-20(3)17-23)25(30)19-29(34(5,32)33)24-14-12-22(7-2)13-15-24/h9-15,17,21H,6-8,16,18-19H2,1-5H3,(H,27,31)/t21-/m0/s1. The van der Waals surface area contributed by atoms with Crippen molar-refractivity contribution in [2.75, 3.05) is 23.7 Å². The molecular weight excluding hydrogens is 450 g/mol. The molecule has 34 heavy (non-hydrogen) atoms. The van der Waals surface area contributed by atoms with Gasteiger partial charge in [-0.15, -0.1) is 0 Å². The van der Waals surface area contributed by atoms with E-state index in [0.29, 0.717) is 12.2 Å². The number of nitrogens with zero attached hydrogens (tertiary/aromatic N) is 2. The molecule has 1 atom stereocenters. The molecule has 0 spiro atoms. The molecule has 2 aromatic rings. The van der Waals surface area contributed by atoms with Crippen LogP contribution in [0.1, 0.15) is 50.3 Å². The van der Waals surface area contributed by atoms with E-state index in [0.717, 1.165) is 46.5 Å². The second kappa shape index (κ2) is 12.6. The first-order valence-corrected chi connectivity index (χ1v) is 13.6. The fourth-order valence-corrected chi connectivity index (χ4v) is 4.49. The monoisotopic (exact) mass is 487 g/mol. The number of benzene rings is 2. The summed E-state index contributed by atoms with van der Waals surface area (Å²) in [5.74, 6) is -0.697. The van der Waals surface area contributed by atoms with E-state index in [2.05, 4.69) is 5.32 Å². The molecular formula is C26H37N3O4S. The number of sulfonamides is 1. The first-order chi connectivity index (χ1) is 16.1. The molecule has 0 saturated carbocycles. The molecule has 7 nitrogen and oxygen atoms in total. The third-order valence-electron chi connectivity index (χ3n) is 5.74. The fourth-order valence-electron chi connectivity index (χ4n) is 3.64. The van der Waals surface area contributed by atoms with Gasteiger partial charge in [0.15, 0.2) is 0 Å². The zero-order valence-corrected chi connectivity index (χ0v) is 21.7. The average molecular weight is 488 g/mol. The van der Waals surface area contributed by atoms with E-state index in [1.54, 1.807) is 19.1 Å². The van der Waals surface area contributed by atoms with Gasteiger partial charge < -0.3 is 10.2 Å². The molecule has 186 valence electrons. The van der Waals surface area contributed by atoms with Gasteiger partial charge in [0.1, 0.15) is 12.6 Å². The molecule has 0 bridgehead atoms. The lowest BCUT2D eigenvalue weighted by Crippen LogP contribution is -2.51. The number of aryl methyl sites for hydroxylation is 2. The molecule has 8 heteroatoms. The summed E-state index contributed by atoms with van der Waals surface area (Å²) in [7, 11) is -3.72. The number of hydrogen-bond donors (Lipinski definition) is 1. The Hall–Kier alpha value is -2.87. The third kappa shape index (κ3) is 7.87. The lowest BCUT2D eigenvalue weighted by atomic mass is 10.1. The molecule has 0 saturated heterocycles. The number of nitrogens with one attached hydrogen (secondary N) is 1. The lowest BCUT2D eigenvalue weighted by Gasteiger charge is -2.31. The molecule has 1 N–H and O–H groups in total. The van der Waals surface area contributed by atoms with Crippen molar-refractivity contribution >= 4 is 27.5 Å². The second-order valence-electron chi connectivity index (χ2n) is 8.62. The van der Waals surface area contributed by atoms with Gasteiger partial charge in [0, 0.05) is 13.1 Å². The topological polar surface area (TPSA) is 86.8 Å². The van der Waals surface area contributed by atoms with Crippen LogP contribution in [0.3, 0.4) is 0 Å². The Morgan fingerprint density at radius 1 is 1.03 bits per heavy atom. The minimum absolute atomic E-state index is 0.204. The zero-order chi connectivity index (χ0) is 25.3. The Balaban J connectivity index is 2.34. The van der Waals surface area contributed by atoms with Gasteiger partial charge in [0.25, 0.3) is 0 Å². The number of carbonyl (C=O) groups excluding carboxylic acids is 2. The molecule has 2 amide bonds. The summed E-state index contributed by atoms with van der Waals surface area (Å²) in [6.45, 7) is 8.04. The van der Waals surface area contributed by atoms with Crippen molar-refractivity contribution in [3.63, 3.8) is 0 Å². The van der Waals surface area contributed by atoms with Crippen molar-refractivity contribution in [3.05, 3.63) is 65.2 Å². The number of amides is 2. The number of rotatable bonds is 12. The molecule has 0 aliphatic carbocycles. The number of hydrogen-bond acceptors (Lipinski definition) is 4. The third-order valence-corrected chi connectivity index (χ3v) is 6.88. The smallest absolute Gasteiger partial charge is 0.244 e. The van der Waals surface area contributed by atoms with E-state index >= 15 is 0 Å². The van der Waals surface area contributed by atoms with Gasteiger partial charge in [0.05, 0.1) is 11.9 Å². The predicted molar refractivity (Wildman–Crippen MR) is 137 cm³/mol. The van der Waals surface area contributed by atoms with Crippen LogP contribution in [0.15, 0.2) is 48.5 Å². The van der Waals surface area contributed by atoms with E-state index in [1.807, 2.05) is 57.2 Å². The Kier molecular flexibility index (Phi) is 10.1. The van der Waals surface area contributed by atoms with Crippen LogP contribution in [0.5, 0.6) is 0 Å². The fraction of sp³-hybridized carbons (Fsp3) is 0.462. The van der Waals surface area contributed by atoms with Gasteiger partial charge >= 0.3 is 0 Å². The van der Waals surface area contributed by atoms with Crippen LogP contribution in [-0.2, 0) is 32.6 Å². The first kappa shape index (κ1) is 27.4. The van der Waals surface area contributed by atoms with Gasteiger partial charge in [0.2, 0.25) is 21.8 Å². The average Bonchev–Trinajstić information content (AvgIpc) is 2.80. The molecule has 0 fully saturated rings. The van der Waals surface area contributed by atoms with Gasteiger partial charge in [-0.2, -0.15) is 0 Å². The molecule has 0 aliphatic rings. The van der Waals surface area contributed by atoms with Crippen molar-refractivity contribution in [1.82, 2.24) is 10.2 Å². The SMILES string of the molecule is CCCCNC(=O)[C@H](C)N(Cc1cccc(C)c1)C(=O)CN(c1ccc(CC)cc1)S(C)(=O)=O. The van der Waals surface area contributed by atoms with Crippen LogP contribution >= 0.6 is 0 Å². The van der Waals surface area contributed by atoms with E-state index in [4.69, 9.17) is 0 Å². The van der Waals surface area contributed by atoms with Crippen LogP contribution in [0.25, 0.3) is 0 Å². The van der Waals surface area contributed by atoms with Crippen LogP contribution in [0.4, 0.5) is 5.69 Å². The van der Waals surface area contributed by atoms with Gasteiger partial charge in [-0.1, -0.05) is 62.2 Å². The van der Waals surface area contributed by atoms with Crippen molar-refractivity contribution in [1.29, 1.82) is 0 Å². The maximum Gasteiger partial charge on any atom is 0.244 e. The van der Waals surface area contributed by atoms with Crippen LogP contribution in [0, 0.1) is 6.92 Å². The molecule has 0 radical (unpaired) electrons. The van der Waals surface area contributed by atoms with E-state index < -0.39 is 22.0 Å². The van der Waals surface area contributed by atoms with Crippen LogP contribution < -0.4 is 9.62 Å². The normalized spacial score (nSPS) is 12.1. The lowest BCUT2D eigenvalue weighted by molar-refractivity contribution is -0.139. The van der Waals surface area contributed by atoms with E-state index in [-0.39, 0.29) is 19.0 Å². The minimum Gasteiger partial charge on any atom is -0.354 e. The Labute approximate surface area is 204 Å². The Morgan fingerprint density at radius 3 is 2.26 bits per heavy atom. The summed E-state index contributed by atoms with van der Waals surface area (Å²) in [6.07, 6.45) is 3.70. The number of unbranched alkanes of at least 4 members (excludes halogenated alkanes) is 1. The summed E-state index contributed by atoms with van der Waals surface area (Å²) in [5.41, 5.74) is 3.41. The molecule has 2 aromatic carbocycles. The summed E-state index contributed by atoms with van der Waals surface area (Å²) in [5, 5.41) is 2.88. The van der Waals surface area contributed by atoms with Crippen LogP contribution in [0.2, 0.25) is 0 Å². The quantitative estimate of drug-likeness (QED) is 0.463. The maximum atomic E-state index is 13.5. The van der Waals surface area contributed by atoms with Crippen molar-refractivity contribution in [2.24, 2.45) is 0 Å². The number of carbonyl (C=O) groups is 2. The Morgan fingerprint density at radius 2 is 1.71 bits per heavy atom. The highest BCUT2D eigenvalue weighted by atomic mass is 32.2. The summed E-state index contributed by atoms with van der Waals surface area (Å²) >= 11 is 0. The van der Waals surface area contributed by atoms with Crippen LogP contribution in [-0.4, -0.2) is 50.5 Å². The van der Waals surface area contributed by atoms with Crippen molar-refractivity contribution < 1.29 is 18.0 Å². The van der Waals surface area contributed by atoms with Crippen molar-refractivity contribution in [3.8, 4) is 0 Å². The highest BCUT2D eigenvalue weighted by Crippen LogP contribution is 2.20. The van der Waals surface area contributed by atoms with E-state index in [9.17, 15) is 18.0 Å². The minimum atomic E-state index is -3.72. The highest BCUT2D eigenvalue weighted by molar-refractivity contribution is 7.92. The van der Waals surface area contributed by atoms with Crippen molar-refractivity contribution in [2.45, 2.75) is 59.5 Å². The summed E-state index contributed by atoms with van der Waals surface area (Å²) < 4.78 is 26.3. The van der Waals surface area contributed by atoms with E-state index in [1.165, 1.54) is 4.90 Å². The zero-order valence-electron chi connectivity index (χ0n) is 20.9. The molecule has 0 heterocycles. The predicted octanol–water partition coefficient (Wildman–Crippen LogP) is 3.66. The summed E-state index contributed by atoms with van der Waals surface area (Å²) in [4.78, 5) is 27.8. The first-order valence-electron chi connectivity index (χ1n) is 11.8. The maximum absolute atomic E-state index is 13.5. The molecule has 2 rings (SSSR count). The highest BCUT2D eigenvalue weighted by Gasteiger charge is 2.30. The van der Waals surface area contributed by atoms with Gasteiger partial charge in [-0.25, -0.2) is 8.42 Å². The summed E-state index contributed by atoms with van der Waals surface area (Å²) in [6, 6.07) is 14.1. The molecule has 0 aromatic heterocycles. The van der Waals surface area contributed by atoms with Gasteiger partial charge in [-0.3, -0.25) is 13.9 Å². The molecule has 0 aliphatic heterocycles. The largest absolute Gasteiger partial charge is 0.354 e. The Bertz CT molecular complexity index is 1070.